The molecule has 1 rings (SSSR count). The first kappa shape index (κ1) is 9.25. The third-order valence-corrected chi connectivity index (χ3v) is 1.61. The number of rotatable bonds is 3. The first-order chi connectivity index (χ1) is 6.11. The number of hydrogen-bond donors (Lipinski definition) is 3. The summed E-state index contributed by atoms with van der Waals surface area (Å²) in [5.74, 6) is -1.02. The maximum Gasteiger partial charge on any atom is 0.309 e. The van der Waals surface area contributed by atoms with E-state index in [4.69, 9.17) is 16.2 Å². The van der Waals surface area contributed by atoms with Gasteiger partial charge in [0.25, 0.3) is 0 Å². The van der Waals surface area contributed by atoms with Crippen LogP contribution in [0.4, 0.5) is 5.69 Å². The smallest absolute Gasteiger partial charge is 0.309 e. The fourth-order valence-corrected chi connectivity index (χ4v) is 1.02. The maximum absolute atomic E-state index is 10.3. The van der Waals surface area contributed by atoms with Crippen LogP contribution in [0.25, 0.3) is 0 Å². The van der Waals surface area contributed by atoms with Gasteiger partial charge >= 0.3 is 5.97 Å². The van der Waals surface area contributed by atoms with E-state index in [2.05, 4.69) is 0 Å². The zero-order valence-electron chi connectivity index (χ0n) is 6.95. The van der Waals surface area contributed by atoms with Crippen LogP contribution in [-0.2, 0) is 4.79 Å². The lowest BCUT2D eigenvalue weighted by molar-refractivity contribution is -0.135. The van der Waals surface area contributed by atoms with Crippen molar-refractivity contribution in [1.29, 1.82) is 5.41 Å². The molecule has 0 heterocycles. The Morgan fingerprint density at radius 3 is 2.62 bits per heavy atom. The van der Waals surface area contributed by atoms with E-state index in [9.17, 15) is 4.79 Å². The van der Waals surface area contributed by atoms with E-state index in [1.807, 2.05) is 0 Å². The van der Waals surface area contributed by atoms with Gasteiger partial charge in [0, 0.05) is 11.3 Å². The van der Waals surface area contributed by atoms with Crippen LogP contribution in [0.15, 0.2) is 24.3 Å². The fraction of sp³-hybridized carbons (Fsp3) is 0.111. The molecule has 4 nitrogen and oxygen atoms in total. The van der Waals surface area contributed by atoms with Gasteiger partial charge in [0.05, 0.1) is 12.1 Å². The number of nitrogen functional groups attached to an aromatic ring is 1. The van der Waals surface area contributed by atoms with E-state index in [1.165, 1.54) is 0 Å². The second kappa shape index (κ2) is 3.71. The van der Waals surface area contributed by atoms with Crippen LogP contribution in [0, 0.1) is 5.41 Å². The van der Waals surface area contributed by atoms with Gasteiger partial charge in [-0.05, 0) is 6.07 Å². The highest BCUT2D eigenvalue weighted by atomic mass is 16.4. The molecule has 1 aromatic rings. The Morgan fingerprint density at radius 1 is 1.46 bits per heavy atom. The van der Waals surface area contributed by atoms with Crippen molar-refractivity contribution >= 4 is 17.4 Å². The summed E-state index contributed by atoms with van der Waals surface area (Å²) in [5.41, 5.74) is 6.53. The van der Waals surface area contributed by atoms with Crippen LogP contribution in [0.3, 0.4) is 0 Å². The number of para-hydroxylation sites is 1. The van der Waals surface area contributed by atoms with Crippen molar-refractivity contribution in [1.82, 2.24) is 0 Å². The molecule has 0 aromatic heterocycles. The molecule has 0 aliphatic rings. The van der Waals surface area contributed by atoms with Crippen LogP contribution >= 0.6 is 0 Å². The first-order valence-electron chi connectivity index (χ1n) is 3.75. The summed E-state index contributed by atoms with van der Waals surface area (Å²) >= 11 is 0. The lowest BCUT2D eigenvalue weighted by atomic mass is 10.1. The summed E-state index contributed by atoms with van der Waals surface area (Å²) in [5, 5.41) is 15.9. The predicted molar refractivity (Wildman–Crippen MR) is 49.9 cm³/mol. The summed E-state index contributed by atoms with van der Waals surface area (Å²) < 4.78 is 0. The molecule has 13 heavy (non-hydrogen) atoms. The fourth-order valence-electron chi connectivity index (χ4n) is 1.02. The summed E-state index contributed by atoms with van der Waals surface area (Å²) in [6, 6.07) is 6.75. The molecule has 68 valence electrons. The molecule has 0 saturated heterocycles. The third-order valence-electron chi connectivity index (χ3n) is 1.61. The number of anilines is 1. The Kier molecular flexibility index (Phi) is 2.64. The molecule has 0 amide bonds. The van der Waals surface area contributed by atoms with Gasteiger partial charge in [0.15, 0.2) is 0 Å². The molecule has 0 saturated carbocycles. The quantitative estimate of drug-likeness (QED) is 0.478. The van der Waals surface area contributed by atoms with Gasteiger partial charge in [-0.15, -0.1) is 0 Å². The maximum atomic E-state index is 10.3. The second-order valence-corrected chi connectivity index (χ2v) is 2.64. The van der Waals surface area contributed by atoms with E-state index in [-0.39, 0.29) is 12.1 Å². The predicted octanol–water partition coefficient (Wildman–Crippen LogP) is 1.11. The van der Waals surface area contributed by atoms with Gasteiger partial charge in [0.2, 0.25) is 0 Å². The van der Waals surface area contributed by atoms with Crippen LogP contribution < -0.4 is 5.73 Å². The van der Waals surface area contributed by atoms with Gasteiger partial charge in [-0.25, -0.2) is 0 Å². The summed E-state index contributed by atoms with van der Waals surface area (Å²) in [6.45, 7) is 0. The molecular formula is C9H10N2O2. The Morgan fingerprint density at radius 2 is 2.08 bits per heavy atom. The number of carbonyl (C=O) groups is 1. The molecule has 0 radical (unpaired) electrons. The SMILES string of the molecule is N=C(CC(=O)O)c1ccccc1N. The highest BCUT2D eigenvalue weighted by Gasteiger charge is 2.08. The van der Waals surface area contributed by atoms with Crippen molar-refractivity contribution in [3.8, 4) is 0 Å². The average Bonchev–Trinajstić information content (AvgIpc) is 2.03. The van der Waals surface area contributed by atoms with Crippen LogP contribution in [0.1, 0.15) is 12.0 Å². The molecular weight excluding hydrogens is 168 g/mol. The number of nitrogens with two attached hydrogens (primary N) is 1. The van der Waals surface area contributed by atoms with Crippen LogP contribution in [0.2, 0.25) is 0 Å². The van der Waals surface area contributed by atoms with Gasteiger partial charge in [-0.3, -0.25) is 4.79 Å². The Hall–Kier alpha value is -1.84. The van der Waals surface area contributed by atoms with Crippen molar-refractivity contribution in [3.63, 3.8) is 0 Å². The minimum atomic E-state index is -1.02. The number of benzene rings is 1. The number of aliphatic carboxylic acids is 1. The molecule has 4 heteroatoms. The van der Waals surface area contributed by atoms with Gasteiger partial charge in [-0.2, -0.15) is 0 Å². The summed E-state index contributed by atoms with van der Waals surface area (Å²) in [6.07, 6.45) is -0.297. The van der Waals surface area contributed by atoms with Crippen LogP contribution in [-0.4, -0.2) is 16.8 Å². The number of carboxylic acid groups (broad SMARTS) is 1. The van der Waals surface area contributed by atoms with Gasteiger partial charge in [-0.1, -0.05) is 18.2 Å². The summed E-state index contributed by atoms with van der Waals surface area (Å²) in [7, 11) is 0. The Bertz CT molecular complexity index is 347. The molecule has 0 unspecified atom stereocenters. The standard InChI is InChI=1S/C9H10N2O2/c10-7-4-2-1-3-6(7)8(11)5-9(12)13/h1-4,11H,5,10H2,(H,12,13). The van der Waals surface area contributed by atoms with Gasteiger partial charge in [0.1, 0.15) is 0 Å². The number of carboxylic acids is 1. The lowest BCUT2D eigenvalue weighted by Crippen LogP contribution is -2.09. The molecule has 0 aliphatic heterocycles. The van der Waals surface area contributed by atoms with Crippen molar-refractivity contribution < 1.29 is 9.90 Å². The lowest BCUT2D eigenvalue weighted by Gasteiger charge is -2.03. The molecule has 0 fully saturated rings. The molecule has 0 spiro atoms. The van der Waals surface area contributed by atoms with Crippen LogP contribution in [0.5, 0.6) is 0 Å². The minimum absolute atomic E-state index is 0.0330. The molecule has 0 bridgehead atoms. The van der Waals surface area contributed by atoms with E-state index in [0.717, 1.165) is 0 Å². The topological polar surface area (TPSA) is 87.2 Å². The zero-order chi connectivity index (χ0) is 9.84. The van der Waals surface area contributed by atoms with Crippen molar-refractivity contribution in [3.05, 3.63) is 29.8 Å². The van der Waals surface area contributed by atoms with Gasteiger partial charge < -0.3 is 16.2 Å². The van der Waals surface area contributed by atoms with E-state index in [0.29, 0.717) is 11.3 Å². The van der Waals surface area contributed by atoms with Crippen molar-refractivity contribution in [2.75, 3.05) is 5.73 Å². The highest BCUT2D eigenvalue weighted by molar-refractivity contribution is 6.09. The molecule has 4 N–H and O–H groups in total. The molecule has 0 atom stereocenters. The zero-order valence-corrected chi connectivity index (χ0v) is 6.95. The van der Waals surface area contributed by atoms with E-state index in [1.54, 1.807) is 24.3 Å². The normalized spacial score (nSPS) is 9.54. The molecule has 0 aliphatic carbocycles. The Balaban J connectivity index is 2.89. The Labute approximate surface area is 75.5 Å². The number of hydrogen-bond acceptors (Lipinski definition) is 3. The number of nitrogens with one attached hydrogen (secondary N) is 1. The average molecular weight is 178 g/mol. The highest BCUT2D eigenvalue weighted by Crippen LogP contribution is 2.12. The molecule has 1 aromatic carbocycles. The van der Waals surface area contributed by atoms with E-state index >= 15 is 0 Å². The first-order valence-corrected chi connectivity index (χ1v) is 3.75. The second-order valence-electron chi connectivity index (χ2n) is 2.64. The minimum Gasteiger partial charge on any atom is -0.481 e. The van der Waals surface area contributed by atoms with Crippen molar-refractivity contribution in [2.24, 2.45) is 0 Å². The monoisotopic (exact) mass is 178 g/mol. The largest absolute Gasteiger partial charge is 0.481 e. The van der Waals surface area contributed by atoms with Crippen molar-refractivity contribution in [2.45, 2.75) is 6.42 Å². The van der Waals surface area contributed by atoms with E-state index < -0.39 is 5.97 Å². The summed E-state index contributed by atoms with van der Waals surface area (Å²) in [4.78, 5) is 10.3. The third kappa shape index (κ3) is 2.30.